The topological polar surface area (TPSA) is 57.0 Å². The van der Waals surface area contributed by atoms with Crippen LogP contribution in [0.4, 0.5) is 4.79 Å². The lowest BCUT2D eigenvalue weighted by atomic mass is 10.2. The quantitative estimate of drug-likeness (QED) is 0.605. The third kappa shape index (κ3) is 2.12. The van der Waals surface area contributed by atoms with Crippen LogP contribution in [-0.4, -0.2) is 58.9 Å². The fourth-order valence-corrected chi connectivity index (χ4v) is 2.76. The largest absolute Gasteiger partial charge is 0.467 e. The van der Waals surface area contributed by atoms with Gasteiger partial charge in [0.15, 0.2) is 0 Å². The Morgan fingerprint density at radius 1 is 1.40 bits per heavy atom. The van der Waals surface area contributed by atoms with E-state index in [-0.39, 0.29) is 24.5 Å². The van der Waals surface area contributed by atoms with Gasteiger partial charge in [0.1, 0.15) is 11.8 Å². The van der Waals surface area contributed by atoms with E-state index in [1.807, 2.05) is 6.08 Å². The second kappa shape index (κ2) is 5.13. The molecule has 0 radical (unpaired) electrons. The first kappa shape index (κ1) is 12.9. The number of furan rings is 1. The van der Waals surface area contributed by atoms with Crippen molar-refractivity contribution >= 4 is 11.9 Å². The molecule has 0 saturated carbocycles. The molecule has 6 nitrogen and oxygen atoms in total. The summed E-state index contributed by atoms with van der Waals surface area (Å²) >= 11 is 0. The van der Waals surface area contributed by atoms with Gasteiger partial charge in [0.05, 0.1) is 12.8 Å². The van der Waals surface area contributed by atoms with Gasteiger partial charge in [0.25, 0.3) is 5.91 Å². The van der Waals surface area contributed by atoms with Gasteiger partial charge in [0, 0.05) is 26.2 Å². The van der Waals surface area contributed by atoms with Crippen LogP contribution in [-0.2, 0) is 11.3 Å². The number of rotatable bonds is 4. The molecule has 0 spiro atoms. The maximum absolute atomic E-state index is 12.4. The van der Waals surface area contributed by atoms with Gasteiger partial charge in [-0.15, -0.1) is 6.58 Å². The van der Waals surface area contributed by atoms with Crippen LogP contribution in [0.25, 0.3) is 0 Å². The first-order valence-corrected chi connectivity index (χ1v) is 6.68. The minimum Gasteiger partial charge on any atom is -0.467 e. The molecule has 1 aromatic rings. The third-order valence-corrected chi connectivity index (χ3v) is 3.77. The molecule has 3 rings (SSSR count). The number of piperazine rings is 1. The number of hydrogen-bond acceptors (Lipinski definition) is 4. The fraction of sp³-hybridized carbons (Fsp3) is 0.429. The van der Waals surface area contributed by atoms with E-state index in [1.54, 1.807) is 23.3 Å². The Balaban J connectivity index is 1.74. The van der Waals surface area contributed by atoms with Crippen LogP contribution in [0.1, 0.15) is 5.76 Å². The zero-order chi connectivity index (χ0) is 14.1. The van der Waals surface area contributed by atoms with Crippen molar-refractivity contribution in [3.63, 3.8) is 0 Å². The van der Waals surface area contributed by atoms with Crippen molar-refractivity contribution in [3.8, 4) is 0 Å². The number of hydrogen-bond donors (Lipinski definition) is 0. The summed E-state index contributed by atoms with van der Waals surface area (Å²) in [4.78, 5) is 29.8. The highest BCUT2D eigenvalue weighted by Crippen LogP contribution is 2.23. The summed E-state index contributed by atoms with van der Waals surface area (Å²) in [6, 6.07) is 2.93. The van der Waals surface area contributed by atoms with E-state index in [4.69, 9.17) is 4.42 Å². The minimum atomic E-state index is -0.369. The second-order valence-corrected chi connectivity index (χ2v) is 5.04. The molecule has 0 aliphatic carbocycles. The second-order valence-electron chi connectivity index (χ2n) is 5.04. The number of nitrogens with zero attached hydrogens (tertiary/aromatic N) is 3. The van der Waals surface area contributed by atoms with Crippen molar-refractivity contribution in [2.75, 3.05) is 26.2 Å². The van der Waals surface area contributed by atoms with Crippen LogP contribution < -0.4 is 0 Å². The molecule has 106 valence electrons. The molecule has 2 aliphatic heterocycles. The summed E-state index contributed by atoms with van der Waals surface area (Å²) < 4.78 is 5.22. The van der Waals surface area contributed by atoms with Crippen molar-refractivity contribution in [2.24, 2.45) is 0 Å². The SMILES string of the molecule is C=CCN1CCN2C(=O)N(Cc3ccco3)C(=O)C2C1. The lowest BCUT2D eigenvalue weighted by Gasteiger charge is -2.34. The van der Waals surface area contributed by atoms with Crippen LogP contribution in [0, 0.1) is 0 Å². The summed E-state index contributed by atoms with van der Waals surface area (Å²) in [6.45, 7) is 6.59. The molecule has 1 atom stereocenters. The van der Waals surface area contributed by atoms with Crippen molar-refractivity contribution < 1.29 is 14.0 Å². The summed E-state index contributed by atoms with van der Waals surface area (Å²) in [5.41, 5.74) is 0. The molecular weight excluding hydrogens is 258 g/mol. The van der Waals surface area contributed by atoms with Gasteiger partial charge in [-0.05, 0) is 12.1 Å². The van der Waals surface area contributed by atoms with E-state index >= 15 is 0 Å². The van der Waals surface area contributed by atoms with Crippen molar-refractivity contribution in [1.82, 2.24) is 14.7 Å². The molecule has 20 heavy (non-hydrogen) atoms. The van der Waals surface area contributed by atoms with Crippen LogP contribution in [0.5, 0.6) is 0 Å². The normalized spacial score (nSPS) is 23.3. The summed E-state index contributed by atoms with van der Waals surface area (Å²) in [6.07, 6.45) is 3.36. The van der Waals surface area contributed by atoms with E-state index in [0.29, 0.717) is 18.8 Å². The van der Waals surface area contributed by atoms with Crippen molar-refractivity contribution in [3.05, 3.63) is 36.8 Å². The standard InChI is InChI=1S/C14H17N3O3/c1-2-5-15-6-7-16-12(10-15)13(18)17(14(16)19)9-11-4-3-8-20-11/h2-4,8,12H,1,5-7,9-10H2. The Kier molecular flexibility index (Phi) is 3.31. The Bertz CT molecular complexity index is 526. The molecule has 2 fully saturated rings. The van der Waals surface area contributed by atoms with E-state index < -0.39 is 0 Å². The van der Waals surface area contributed by atoms with Crippen LogP contribution >= 0.6 is 0 Å². The highest BCUT2D eigenvalue weighted by molar-refractivity contribution is 6.04. The van der Waals surface area contributed by atoms with Gasteiger partial charge >= 0.3 is 6.03 Å². The predicted octanol–water partition coefficient (Wildman–Crippen LogP) is 0.914. The first-order valence-electron chi connectivity index (χ1n) is 6.68. The monoisotopic (exact) mass is 275 g/mol. The Labute approximate surface area is 117 Å². The van der Waals surface area contributed by atoms with Gasteiger partial charge in [-0.25, -0.2) is 4.79 Å². The third-order valence-electron chi connectivity index (χ3n) is 3.77. The number of fused-ring (bicyclic) bond motifs is 1. The predicted molar refractivity (Wildman–Crippen MR) is 71.8 cm³/mol. The highest BCUT2D eigenvalue weighted by atomic mass is 16.3. The number of carbonyl (C=O) groups excluding carboxylic acids is 2. The molecule has 3 heterocycles. The number of carbonyl (C=O) groups is 2. The molecule has 2 saturated heterocycles. The van der Waals surface area contributed by atoms with Crippen LogP contribution in [0.15, 0.2) is 35.5 Å². The summed E-state index contributed by atoms with van der Waals surface area (Å²) in [5.74, 6) is 0.481. The molecular formula is C14H17N3O3. The Morgan fingerprint density at radius 2 is 2.25 bits per heavy atom. The number of imide groups is 1. The molecule has 6 heteroatoms. The summed E-state index contributed by atoms with van der Waals surface area (Å²) in [7, 11) is 0. The maximum atomic E-state index is 12.4. The highest BCUT2D eigenvalue weighted by Gasteiger charge is 2.47. The van der Waals surface area contributed by atoms with E-state index in [1.165, 1.54) is 4.90 Å². The van der Waals surface area contributed by atoms with E-state index in [9.17, 15) is 9.59 Å². The van der Waals surface area contributed by atoms with Crippen molar-refractivity contribution in [2.45, 2.75) is 12.6 Å². The molecule has 3 amide bonds. The zero-order valence-electron chi connectivity index (χ0n) is 11.2. The van der Waals surface area contributed by atoms with Gasteiger partial charge in [-0.1, -0.05) is 6.08 Å². The first-order chi connectivity index (χ1) is 9.70. The molecule has 0 aromatic carbocycles. The molecule has 0 bridgehead atoms. The number of urea groups is 1. The molecule has 1 aromatic heterocycles. The van der Waals surface area contributed by atoms with Crippen LogP contribution in [0.3, 0.4) is 0 Å². The van der Waals surface area contributed by atoms with Crippen LogP contribution in [0.2, 0.25) is 0 Å². The van der Waals surface area contributed by atoms with Gasteiger partial charge < -0.3 is 9.32 Å². The molecule has 1 unspecified atom stereocenters. The van der Waals surface area contributed by atoms with Gasteiger partial charge in [-0.3, -0.25) is 14.6 Å². The smallest absolute Gasteiger partial charge is 0.327 e. The van der Waals surface area contributed by atoms with Gasteiger partial charge in [-0.2, -0.15) is 0 Å². The van der Waals surface area contributed by atoms with Gasteiger partial charge in [0.2, 0.25) is 0 Å². The average molecular weight is 275 g/mol. The summed E-state index contributed by atoms with van der Waals surface area (Å²) in [5, 5.41) is 0. The maximum Gasteiger partial charge on any atom is 0.327 e. The van der Waals surface area contributed by atoms with Crippen molar-refractivity contribution in [1.29, 1.82) is 0 Å². The molecule has 2 aliphatic rings. The molecule has 0 N–H and O–H groups in total. The lowest BCUT2D eigenvalue weighted by molar-refractivity contribution is -0.129. The Hall–Kier alpha value is -2.08. The Morgan fingerprint density at radius 3 is 2.95 bits per heavy atom. The minimum absolute atomic E-state index is 0.139. The van der Waals surface area contributed by atoms with E-state index in [0.717, 1.165) is 13.1 Å². The average Bonchev–Trinajstić information content (AvgIpc) is 3.03. The van der Waals surface area contributed by atoms with E-state index in [2.05, 4.69) is 11.5 Å². The zero-order valence-corrected chi connectivity index (χ0v) is 11.2. The fourth-order valence-electron chi connectivity index (χ4n) is 2.76. The lowest BCUT2D eigenvalue weighted by Crippen LogP contribution is -2.52. The number of amides is 3.